The number of aromatic nitrogens is 2. The minimum atomic E-state index is -3.64. The van der Waals surface area contributed by atoms with Crippen molar-refractivity contribution in [3.8, 4) is 11.5 Å². The number of phenols is 1. The third kappa shape index (κ3) is 9.71. The predicted molar refractivity (Wildman–Crippen MR) is 207 cm³/mol. The molecule has 3 aromatic rings. The Bertz CT molecular complexity index is 1930. The summed E-state index contributed by atoms with van der Waals surface area (Å²) in [4.78, 5) is 41.0. The normalized spacial score (nSPS) is 15.8. The molecule has 18 heteroatoms. The lowest BCUT2D eigenvalue weighted by molar-refractivity contribution is 0.00898. The lowest BCUT2D eigenvalue weighted by Gasteiger charge is -2.43. The number of nitrogens with one attached hydrogen (secondary N) is 2. The third-order valence-electron chi connectivity index (χ3n) is 9.07. The molecule has 0 aliphatic carbocycles. The number of carbonyl (C=O) groups is 2. The molecule has 3 heterocycles. The summed E-state index contributed by atoms with van der Waals surface area (Å²) in [6.07, 6.45) is 4.05. The number of phenolic OH excluding ortho intramolecular Hbond substituents is 1. The molecule has 0 radical (unpaired) electrons. The molecule has 0 bridgehead atoms. The second-order valence-electron chi connectivity index (χ2n) is 13.9. The molecular formula is C35H47BrN8O8S. The first-order chi connectivity index (χ1) is 25.0. The van der Waals surface area contributed by atoms with E-state index in [9.17, 15) is 23.1 Å². The molecule has 16 nitrogen and oxygen atoms in total. The largest absolute Gasteiger partial charge is 0.508 e. The smallest absolute Gasteiger partial charge is 0.410 e. The maximum atomic E-state index is 13.2. The highest BCUT2D eigenvalue weighted by molar-refractivity contribution is 9.10. The van der Waals surface area contributed by atoms with Gasteiger partial charge in [-0.2, -0.15) is 4.98 Å². The van der Waals surface area contributed by atoms with Gasteiger partial charge in [0.05, 0.1) is 53.3 Å². The summed E-state index contributed by atoms with van der Waals surface area (Å²) in [6, 6.07) is 8.09. The summed E-state index contributed by atoms with van der Waals surface area (Å²) < 4.78 is 42.6. The van der Waals surface area contributed by atoms with Crippen LogP contribution in [0.4, 0.5) is 39.3 Å². The Balaban J connectivity index is 1.32. The van der Waals surface area contributed by atoms with Gasteiger partial charge in [-0.15, -0.1) is 0 Å². The molecule has 5 rings (SSSR count). The molecular weight excluding hydrogens is 772 g/mol. The number of esters is 1. The molecule has 0 spiro atoms. The van der Waals surface area contributed by atoms with Crippen LogP contribution in [-0.2, 0) is 19.5 Å². The monoisotopic (exact) mass is 818 g/mol. The number of benzene rings is 2. The van der Waals surface area contributed by atoms with Crippen molar-refractivity contribution < 1.29 is 37.3 Å². The number of hydrogen-bond acceptors (Lipinski definition) is 14. The van der Waals surface area contributed by atoms with Gasteiger partial charge < -0.3 is 39.8 Å². The number of ether oxygens (including phenoxy) is 3. The van der Waals surface area contributed by atoms with E-state index in [1.54, 1.807) is 17.0 Å². The Morgan fingerprint density at radius 2 is 1.68 bits per heavy atom. The van der Waals surface area contributed by atoms with Crippen molar-refractivity contribution in [1.82, 2.24) is 19.8 Å². The number of sulfonamides is 1. The van der Waals surface area contributed by atoms with Crippen molar-refractivity contribution in [1.29, 1.82) is 0 Å². The van der Waals surface area contributed by atoms with E-state index in [4.69, 9.17) is 14.2 Å². The van der Waals surface area contributed by atoms with E-state index in [-0.39, 0.29) is 23.5 Å². The van der Waals surface area contributed by atoms with Crippen LogP contribution in [0.5, 0.6) is 11.5 Å². The number of methoxy groups -OCH3 is 2. The van der Waals surface area contributed by atoms with Gasteiger partial charge in [0, 0.05) is 70.7 Å². The SMILES string of the molecule is COC(=O)c1cc(Nc2ncc(Br)c(Nc3ccc(O)cc3N(C)S(C)(=O)=O)n2)c(OC)cc1N1CCC(N2CCN(C(=O)OC(C)(C)C)CC2)CC1. The van der Waals surface area contributed by atoms with Gasteiger partial charge in [0.15, 0.2) is 0 Å². The van der Waals surface area contributed by atoms with E-state index < -0.39 is 21.6 Å². The Hall–Kier alpha value is -4.55. The molecule has 0 atom stereocenters. The number of aromatic hydroxyl groups is 1. The first-order valence-corrected chi connectivity index (χ1v) is 19.7. The second kappa shape index (κ2) is 16.2. The average Bonchev–Trinajstić information content (AvgIpc) is 3.12. The molecule has 0 saturated carbocycles. The number of piperazine rings is 1. The molecule has 288 valence electrons. The van der Waals surface area contributed by atoms with Crippen molar-refractivity contribution in [2.24, 2.45) is 0 Å². The van der Waals surface area contributed by atoms with E-state index in [1.165, 1.54) is 45.7 Å². The molecule has 3 N–H and O–H groups in total. The predicted octanol–water partition coefficient (Wildman–Crippen LogP) is 5.14. The molecule has 2 aliphatic rings. The lowest BCUT2D eigenvalue weighted by atomic mass is 10.00. The van der Waals surface area contributed by atoms with Crippen LogP contribution in [0.15, 0.2) is 41.0 Å². The Kier molecular flexibility index (Phi) is 12.1. The van der Waals surface area contributed by atoms with Crippen LogP contribution < -0.4 is 24.6 Å². The van der Waals surface area contributed by atoms with Gasteiger partial charge in [-0.1, -0.05) is 0 Å². The van der Waals surface area contributed by atoms with Gasteiger partial charge in [-0.05, 0) is 67.7 Å². The first-order valence-electron chi connectivity index (χ1n) is 17.1. The fourth-order valence-corrected chi connectivity index (χ4v) is 7.07. The summed E-state index contributed by atoms with van der Waals surface area (Å²) >= 11 is 3.45. The number of hydrogen-bond donors (Lipinski definition) is 3. The molecule has 2 aliphatic heterocycles. The standard InChI is InChI=1S/C35H47BrN8O8S/c1-35(2,3)52-34(47)44-16-14-42(15-17-44)22-10-12-43(13-11-22)28-20-30(50-5)27(19-24(28)32(46)51-6)39-33-37-21-25(36)31(40-33)38-26-9-8-23(45)18-29(26)41(4)53(7,48)49/h8-9,18-22,45H,10-17H2,1-7H3,(H2,37,38,39,40). The number of nitrogens with zero attached hydrogens (tertiary/aromatic N) is 6. The van der Waals surface area contributed by atoms with E-state index in [2.05, 4.69) is 46.3 Å². The number of carbonyl (C=O) groups excluding carboxylic acids is 2. The van der Waals surface area contributed by atoms with Crippen molar-refractivity contribution in [3.05, 3.63) is 46.6 Å². The van der Waals surface area contributed by atoms with Crippen molar-refractivity contribution in [3.63, 3.8) is 0 Å². The fraction of sp³-hybridized carbons (Fsp3) is 0.486. The van der Waals surface area contributed by atoms with Crippen molar-refractivity contribution in [2.45, 2.75) is 45.3 Å². The lowest BCUT2D eigenvalue weighted by Crippen LogP contribution is -2.55. The molecule has 2 fully saturated rings. The van der Waals surface area contributed by atoms with Gasteiger partial charge in [-0.25, -0.2) is 23.0 Å². The number of piperidine rings is 1. The van der Waals surface area contributed by atoms with Crippen LogP contribution in [0.1, 0.15) is 44.0 Å². The van der Waals surface area contributed by atoms with E-state index >= 15 is 0 Å². The van der Waals surface area contributed by atoms with Crippen LogP contribution >= 0.6 is 15.9 Å². The molecule has 0 unspecified atom stereocenters. The van der Waals surface area contributed by atoms with Crippen LogP contribution in [-0.4, -0.2) is 124 Å². The van der Waals surface area contributed by atoms with Crippen molar-refractivity contribution in [2.75, 3.05) is 86.6 Å². The van der Waals surface area contributed by atoms with Crippen LogP contribution in [0.3, 0.4) is 0 Å². The molecule has 1 aromatic heterocycles. The van der Waals surface area contributed by atoms with Gasteiger partial charge in [0.25, 0.3) is 0 Å². The molecule has 2 aromatic carbocycles. The van der Waals surface area contributed by atoms with Crippen LogP contribution in [0.2, 0.25) is 0 Å². The summed E-state index contributed by atoms with van der Waals surface area (Å²) in [7, 11) is 0.604. The Labute approximate surface area is 318 Å². The van der Waals surface area contributed by atoms with Gasteiger partial charge >= 0.3 is 12.1 Å². The maximum Gasteiger partial charge on any atom is 0.410 e. The highest BCUT2D eigenvalue weighted by atomic mass is 79.9. The van der Waals surface area contributed by atoms with Crippen molar-refractivity contribution >= 4 is 72.5 Å². The summed E-state index contributed by atoms with van der Waals surface area (Å²) in [6.45, 7) is 9.79. The molecule has 2 saturated heterocycles. The second-order valence-corrected chi connectivity index (χ2v) is 16.7. The number of rotatable bonds is 10. The zero-order valence-electron chi connectivity index (χ0n) is 31.0. The Morgan fingerprint density at radius 1 is 1.00 bits per heavy atom. The van der Waals surface area contributed by atoms with E-state index in [0.717, 1.165) is 36.5 Å². The zero-order chi connectivity index (χ0) is 38.7. The van der Waals surface area contributed by atoms with Gasteiger partial charge in [-0.3, -0.25) is 9.21 Å². The van der Waals surface area contributed by atoms with Gasteiger partial charge in [0.2, 0.25) is 16.0 Å². The summed E-state index contributed by atoms with van der Waals surface area (Å²) in [5.74, 6) is 0.280. The topological polar surface area (TPSA) is 179 Å². The molecule has 53 heavy (non-hydrogen) atoms. The van der Waals surface area contributed by atoms with Crippen LogP contribution in [0.25, 0.3) is 0 Å². The highest BCUT2D eigenvalue weighted by Gasteiger charge is 2.32. The zero-order valence-corrected chi connectivity index (χ0v) is 33.4. The minimum Gasteiger partial charge on any atom is -0.508 e. The third-order valence-corrected chi connectivity index (χ3v) is 10.8. The molecule has 1 amide bonds. The summed E-state index contributed by atoms with van der Waals surface area (Å²) in [5.41, 5.74) is 1.48. The van der Waals surface area contributed by atoms with Crippen LogP contribution in [0, 0.1) is 0 Å². The number of halogens is 1. The Morgan fingerprint density at radius 3 is 2.28 bits per heavy atom. The number of amides is 1. The van der Waals surface area contributed by atoms with E-state index in [1.807, 2.05) is 20.8 Å². The number of anilines is 6. The highest BCUT2D eigenvalue weighted by Crippen LogP contribution is 2.38. The van der Waals surface area contributed by atoms with Gasteiger partial charge in [0.1, 0.15) is 22.9 Å². The maximum absolute atomic E-state index is 13.2. The quantitative estimate of drug-likeness (QED) is 0.181. The fourth-order valence-electron chi connectivity index (χ4n) is 6.27. The first kappa shape index (κ1) is 39.7. The average molecular weight is 820 g/mol. The minimum absolute atomic E-state index is 0.110. The van der Waals surface area contributed by atoms with E-state index in [0.29, 0.717) is 70.9 Å². The summed E-state index contributed by atoms with van der Waals surface area (Å²) in [5, 5.41) is 16.3.